The molecule has 1 unspecified atom stereocenters. The molecule has 76 valence electrons. The monoisotopic (exact) mass is 230 g/mol. The van der Waals surface area contributed by atoms with Crippen LogP contribution >= 0.6 is 24.2 Å². The molecule has 0 spiro atoms. The average molecular weight is 231 g/mol. The maximum absolute atomic E-state index is 11.1. The van der Waals surface area contributed by atoms with Gasteiger partial charge in [-0.15, -0.1) is 24.2 Å². The summed E-state index contributed by atoms with van der Waals surface area (Å²) in [5.74, 6) is -0.139. The van der Waals surface area contributed by atoms with Crippen molar-refractivity contribution in [3.05, 3.63) is 29.3 Å². The van der Waals surface area contributed by atoms with Crippen LogP contribution in [0.25, 0.3) is 0 Å². The number of hydrogen-bond donors (Lipinski definition) is 2. The molecule has 1 N–H and O–H groups in total. The molecule has 0 heterocycles. The SMILES string of the molecule is CC(=O)C(Cl)c1cc(S)ccc1CO. The van der Waals surface area contributed by atoms with Gasteiger partial charge in [0.1, 0.15) is 5.38 Å². The van der Waals surface area contributed by atoms with Crippen LogP contribution < -0.4 is 0 Å². The van der Waals surface area contributed by atoms with Gasteiger partial charge in [-0.3, -0.25) is 4.79 Å². The van der Waals surface area contributed by atoms with Gasteiger partial charge in [-0.25, -0.2) is 0 Å². The Bertz CT molecular complexity index is 352. The molecule has 2 nitrogen and oxygen atoms in total. The third kappa shape index (κ3) is 2.50. The number of carbonyl (C=O) groups is 1. The van der Waals surface area contributed by atoms with Crippen molar-refractivity contribution in [3.8, 4) is 0 Å². The smallest absolute Gasteiger partial charge is 0.152 e. The number of hydrogen-bond acceptors (Lipinski definition) is 3. The Labute approximate surface area is 93.3 Å². The first-order chi connectivity index (χ1) is 6.56. The van der Waals surface area contributed by atoms with E-state index < -0.39 is 5.38 Å². The first kappa shape index (κ1) is 11.6. The molecule has 0 fully saturated rings. The predicted molar refractivity (Wildman–Crippen MR) is 58.9 cm³/mol. The van der Waals surface area contributed by atoms with Crippen LogP contribution in [0.3, 0.4) is 0 Å². The average Bonchev–Trinajstić information content (AvgIpc) is 2.16. The molecule has 14 heavy (non-hydrogen) atoms. The highest BCUT2D eigenvalue weighted by Gasteiger charge is 2.16. The van der Waals surface area contributed by atoms with Gasteiger partial charge in [-0.1, -0.05) is 6.07 Å². The van der Waals surface area contributed by atoms with Crippen molar-refractivity contribution in [3.63, 3.8) is 0 Å². The molecule has 0 aliphatic rings. The van der Waals surface area contributed by atoms with Gasteiger partial charge in [0, 0.05) is 4.90 Å². The van der Waals surface area contributed by atoms with E-state index in [0.717, 1.165) is 4.90 Å². The second-order valence-electron chi connectivity index (χ2n) is 3.01. The highest BCUT2D eigenvalue weighted by molar-refractivity contribution is 7.80. The summed E-state index contributed by atoms with van der Waals surface area (Å²) in [5, 5.41) is 8.34. The minimum Gasteiger partial charge on any atom is -0.392 e. The van der Waals surface area contributed by atoms with E-state index in [1.807, 2.05) is 0 Å². The third-order valence-corrected chi connectivity index (χ3v) is 2.75. The van der Waals surface area contributed by atoms with Crippen LogP contribution in [0.1, 0.15) is 23.4 Å². The lowest BCUT2D eigenvalue weighted by Gasteiger charge is -2.11. The Morgan fingerprint density at radius 3 is 2.79 bits per heavy atom. The number of thiol groups is 1. The molecule has 1 aromatic rings. The quantitative estimate of drug-likeness (QED) is 0.618. The van der Waals surface area contributed by atoms with E-state index in [-0.39, 0.29) is 12.4 Å². The van der Waals surface area contributed by atoms with Crippen LogP contribution in [-0.4, -0.2) is 10.9 Å². The van der Waals surface area contributed by atoms with Crippen molar-refractivity contribution in [1.82, 2.24) is 0 Å². The molecule has 0 amide bonds. The summed E-state index contributed by atoms with van der Waals surface area (Å²) < 4.78 is 0. The lowest BCUT2D eigenvalue weighted by molar-refractivity contribution is -0.116. The van der Waals surface area contributed by atoms with E-state index in [0.29, 0.717) is 11.1 Å². The third-order valence-electron chi connectivity index (χ3n) is 1.93. The van der Waals surface area contributed by atoms with Gasteiger partial charge >= 0.3 is 0 Å². The molecule has 0 aliphatic carbocycles. The number of carbonyl (C=O) groups excluding carboxylic acids is 1. The molecular formula is C10H11ClO2S. The molecule has 1 atom stereocenters. The van der Waals surface area contributed by atoms with Crippen LogP contribution in [0.2, 0.25) is 0 Å². The second kappa shape index (κ2) is 4.82. The summed E-state index contributed by atoms with van der Waals surface area (Å²) in [6, 6.07) is 5.17. The number of aliphatic hydroxyl groups is 1. The van der Waals surface area contributed by atoms with Crippen LogP contribution in [0.15, 0.2) is 23.1 Å². The topological polar surface area (TPSA) is 37.3 Å². The first-order valence-corrected chi connectivity index (χ1v) is 5.01. The fourth-order valence-electron chi connectivity index (χ4n) is 1.18. The van der Waals surface area contributed by atoms with Crippen molar-refractivity contribution < 1.29 is 9.90 Å². The lowest BCUT2D eigenvalue weighted by Crippen LogP contribution is -2.05. The highest BCUT2D eigenvalue weighted by Crippen LogP contribution is 2.27. The maximum atomic E-state index is 11.1. The highest BCUT2D eigenvalue weighted by atomic mass is 35.5. The van der Waals surface area contributed by atoms with Crippen LogP contribution in [0, 0.1) is 0 Å². The van der Waals surface area contributed by atoms with Crippen LogP contribution in [0.5, 0.6) is 0 Å². The van der Waals surface area contributed by atoms with Crippen molar-refractivity contribution in [2.75, 3.05) is 0 Å². The van der Waals surface area contributed by atoms with Gasteiger partial charge in [0.05, 0.1) is 6.61 Å². The van der Waals surface area contributed by atoms with Crippen molar-refractivity contribution in [1.29, 1.82) is 0 Å². The Morgan fingerprint density at radius 1 is 1.64 bits per heavy atom. The van der Waals surface area contributed by atoms with Crippen LogP contribution in [0.4, 0.5) is 0 Å². The Morgan fingerprint density at radius 2 is 2.29 bits per heavy atom. The molecule has 0 radical (unpaired) electrons. The summed E-state index contributed by atoms with van der Waals surface area (Å²) in [4.78, 5) is 11.8. The maximum Gasteiger partial charge on any atom is 0.152 e. The summed E-state index contributed by atoms with van der Waals surface area (Å²) in [6.45, 7) is 1.30. The Balaban J connectivity index is 3.16. The molecule has 1 rings (SSSR count). The molecule has 4 heteroatoms. The van der Waals surface area contributed by atoms with Crippen molar-refractivity contribution >= 4 is 30.0 Å². The summed E-state index contributed by atoms with van der Waals surface area (Å²) in [6.07, 6.45) is 0. The number of aliphatic hydroxyl groups excluding tert-OH is 1. The van der Waals surface area contributed by atoms with E-state index in [1.54, 1.807) is 18.2 Å². The fraction of sp³-hybridized carbons (Fsp3) is 0.300. The van der Waals surface area contributed by atoms with Gasteiger partial charge in [-0.2, -0.15) is 0 Å². The molecule has 0 saturated heterocycles. The Kier molecular flexibility index (Phi) is 3.98. The number of ketones is 1. The Hall–Kier alpha value is -0.510. The largest absolute Gasteiger partial charge is 0.392 e. The molecule has 0 aliphatic heterocycles. The van der Waals surface area contributed by atoms with E-state index in [1.165, 1.54) is 6.92 Å². The van der Waals surface area contributed by atoms with E-state index in [9.17, 15) is 4.79 Å². The molecule has 0 bridgehead atoms. The molecule has 1 aromatic carbocycles. The summed E-state index contributed by atoms with van der Waals surface area (Å²) in [5.41, 5.74) is 1.30. The normalized spacial score (nSPS) is 12.6. The van der Waals surface area contributed by atoms with Crippen molar-refractivity contribution in [2.45, 2.75) is 23.8 Å². The van der Waals surface area contributed by atoms with Gasteiger partial charge < -0.3 is 5.11 Å². The summed E-state index contributed by atoms with van der Waals surface area (Å²) in [7, 11) is 0. The minimum absolute atomic E-state index is 0.125. The minimum atomic E-state index is -0.704. The van der Waals surface area contributed by atoms with Crippen molar-refractivity contribution in [2.24, 2.45) is 0 Å². The van der Waals surface area contributed by atoms with E-state index in [2.05, 4.69) is 12.6 Å². The first-order valence-electron chi connectivity index (χ1n) is 4.13. The number of halogens is 1. The number of benzene rings is 1. The summed E-state index contributed by atoms with van der Waals surface area (Å²) >= 11 is 10.1. The lowest BCUT2D eigenvalue weighted by atomic mass is 10.0. The molecule has 0 saturated carbocycles. The van der Waals surface area contributed by atoms with Gasteiger partial charge in [0.25, 0.3) is 0 Å². The zero-order valence-electron chi connectivity index (χ0n) is 7.70. The fourth-order valence-corrected chi connectivity index (χ4v) is 1.60. The van der Waals surface area contributed by atoms with Gasteiger partial charge in [-0.05, 0) is 30.2 Å². The van der Waals surface area contributed by atoms with Gasteiger partial charge in [0.15, 0.2) is 5.78 Å². The molecule has 0 aromatic heterocycles. The zero-order valence-corrected chi connectivity index (χ0v) is 9.35. The predicted octanol–water partition coefficient (Wildman–Crippen LogP) is 2.34. The van der Waals surface area contributed by atoms with Crippen LogP contribution in [-0.2, 0) is 11.4 Å². The molecular weight excluding hydrogens is 220 g/mol. The number of rotatable bonds is 3. The van der Waals surface area contributed by atoms with E-state index >= 15 is 0 Å². The zero-order chi connectivity index (χ0) is 10.7. The number of Topliss-reactive ketones (excluding diaryl/α,β-unsaturated/α-hetero) is 1. The number of alkyl halides is 1. The van der Waals surface area contributed by atoms with Gasteiger partial charge in [0.2, 0.25) is 0 Å². The van der Waals surface area contributed by atoms with E-state index in [4.69, 9.17) is 16.7 Å². The second-order valence-corrected chi connectivity index (χ2v) is 3.97. The standard InChI is InChI=1S/C10H11ClO2S/c1-6(13)10(11)9-4-8(14)3-2-7(9)5-12/h2-4,10,12,14H,5H2,1H3.